The van der Waals surface area contributed by atoms with Crippen molar-refractivity contribution in [3.63, 3.8) is 0 Å². The zero-order valence-corrected chi connectivity index (χ0v) is 9.09. The molecule has 0 saturated carbocycles. The number of hydrogen-bond donors (Lipinski definition) is 0. The van der Waals surface area contributed by atoms with Crippen LogP contribution in [0.2, 0.25) is 0 Å². The van der Waals surface area contributed by atoms with Gasteiger partial charge in [-0.25, -0.2) is 8.78 Å². The number of rotatable bonds is 1. The van der Waals surface area contributed by atoms with E-state index in [0.29, 0.717) is 0 Å². The van der Waals surface area contributed by atoms with E-state index in [9.17, 15) is 8.78 Å². The van der Waals surface area contributed by atoms with Crippen LogP contribution in [0, 0.1) is 12.8 Å². The molecule has 0 atom stereocenters. The molecular formula is C11H17F2N. The predicted molar refractivity (Wildman–Crippen MR) is 54.4 cm³/mol. The Morgan fingerprint density at radius 2 is 1.64 bits per heavy atom. The van der Waals surface area contributed by atoms with Crippen LogP contribution in [0.4, 0.5) is 8.78 Å². The first-order valence-electron chi connectivity index (χ1n) is 4.63. The van der Waals surface area contributed by atoms with E-state index < -0.39 is 6.43 Å². The fraction of sp³-hybridized carbons (Fsp3) is 0.545. The smallest absolute Gasteiger partial charge is 0.264 e. The van der Waals surface area contributed by atoms with E-state index in [1.54, 1.807) is 13.1 Å². The van der Waals surface area contributed by atoms with Crippen molar-refractivity contribution in [2.24, 2.45) is 5.92 Å². The lowest BCUT2D eigenvalue weighted by atomic mass is 10.2. The van der Waals surface area contributed by atoms with E-state index in [1.165, 1.54) is 12.3 Å². The average molecular weight is 201 g/mol. The lowest BCUT2D eigenvalue weighted by molar-refractivity contribution is 0.151. The lowest BCUT2D eigenvalue weighted by Crippen LogP contribution is -1.86. The Hall–Kier alpha value is -0.990. The number of alkyl halides is 2. The number of aryl methyl sites for hydroxylation is 1. The summed E-state index contributed by atoms with van der Waals surface area (Å²) in [6.07, 6.45) is 0.316. The molecule has 1 aromatic heterocycles. The summed E-state index contributed by atoms with van der Waals surface area (Å²) in [5, 5.41) is 0. The second-order valence-corrected chi connectivity index (χ2v) is 3.83. The van der Waals surface area contributed by atoms with E-state index in [1.807, 2.05) is 0 Å². The topological polar surface area (TPSA) is 12.9 Å². The van der Waals surface area contributed by atoms with Crippen molar-refractivity contribution in [1.82, 2.24) is 4.98 Å². The van der Waals surface area contributed by atoms with Crippen molar-refractivity contribution in [3.8, 4) is 0 Å². The van der Waals surface area contributed by atoms with E-state index in [2.05, 4.69) is 25.8 Å². The summed E-state index contributed by atoms with van der Waals surface area (Å²) in [5.41, 5.74) is 0.748. The highest BCUT2D eigenvalue weighted by molar-refractivity contribution is 5.17. The molecule has 0 bridgehead atoms. The summed E-state index contributed by atoms with van der Waals surface area (Å²) in [4.78, 5) is 3.63. The minimum absolute atomic E-state index is 0.0139. The van der Waals surface area contributed by atoms with Gasteiger partial charge in [-0.1, -0.05) is 20.8 Å². The summed E-state index contributed by atoms with van der Waals surface area (Å²) in [7, 11) is 0. The number of aromatic nitrogens is 1. The molecule has 0 aliphatic heterocycles. The monoisotopic (exact) mass is 201 g/mol. The Bertz CT molecular complexity index is 256. The molecule has 0 amide bonds. The number of pyridine rings is 1. The maximum Gasteiger partial charge on any atom is 0.265 e. The normalized spacial score (nSPS) is 10.0. The van der Waals surface area contributed by atoms with Crippen molar-refractivity contribution in [1.29, 1.82) is 0 Å². The molecular weight excluding hydrogens is 184 g/mol. The second-order valence-electron chi connectivity index (χ2n) is 3.83. The highest BCUT2D eigenvalue weighted by Crippen LogP contribution is 2.17. The molecule has 0 unspecified atom stereocenters. The van der Waals surface area contributed by atoms with Gasteiger partial charge in [0.1, 0.15) is 0 Å². The van der Waals surface area contributed by atoms with Gasteiger partial charge in [0.15, 0.2) is 0 Å². The largest absolute Gasteiger partial charge is 0.265 e. The van der Waals surface area contributed by atoms with Gasteiger partial charge >= 0.3 is 0 Å². The van der Waals surface area contributed by atoms with Crippen LogP contribution in [0.25, 0.3) is 0 Å². The Kier molecular flexibility index (Phi) is 6.00. The van der Waals surface area contributed by atoms with Crippen molar-refractivity contribution in [2.45, 2.75) is 34.1 Å². The number of hydrogen-bond acceptors (Lipinski definition) is 1. The third-order valence-electron chi connectivity index (χ3n) is 1.15. The second kappa shape index (κ2) is 6.46. The van der Waals surface area contributed by atoms with Gasteiger partial charge in [0.05, 0.1) is 0 Å². The molecule has 0 spiro atoms. The van der Waals surface area contributed by atoms with E-state index in [-0.39, 0.29) is 5.56 Å². The highest BCUT2D eigenvalue weighted by atomic mass is 19.3. The Labute approximate surface area is 84.2 Å². The zero-order chi connectivity index (χ0) is 11.1. The molecule has 0 fully saturated rings. The first-order valence-corrected chi connectivity index (χ1v) is 4.63. The minimum Gasteiger partial charge on any atom is -0.264 e. The Morgan fingerprint density at radius 1 is 1.14 bits per heavy atom. The van der Waals surface area contributed by atoms with E-state index in [4.69, 9.17) is 0 Å². The van der Waals surface area contributed by atoms with Gasteiger partial charge < -0.3 is 0 Å². The third kappa shape index (κ3) is 6.52. The van der Waals surface area contributed by atoms with E-state index in [0.717, 1.165) is 11.5 Å². The van der Waals surface area contributed by atoms with Crippen LogP contribution in [0.15, 0.2) is 18.5 Å². The van der Waals surface area contributed by atoms with Crippen molar-refractivity contribution in [3.05, 3.63) is 29.6 Å². The molecule has 0 aliphatic carbocycles. The third-order valence-corrected chi connectivity index (χ3v) is 1.15. The van der Waals surface area contributed by atoms with Crippen LogP contribution >= 0.6 is 0 Å². The fourth-order valence-corrected chi connectivity index (χ4v) is 0.698. The van der Waals surface area contributed by atoms with Crippen LogP contribution in [0.5, 0.6) is 0 Å². The zero-order valence-electron chi connectivity index (χ0n) is 9.09. The van der Waals surface area contributed by atoms with Crippen molar-refractivity contribution in [2.75, 3.05) is 0 Å². The molecule has 14 heavy (non-hydrogen) atoms. The van der Waals surface area contributed by atoms with Gasteiger partial charge in [0.25, 0.3) is 6.43 Å². The molecule has 1 heterocycles. The number of halogens is 2. The predicted octanol–water partition coefficient (Wildman–Crippen LogP) is 3.99. The molecule has 0 radical (unpaired) electrons. The Morgan fingerprint density at radius 3 is 1.93 bits per heavy atom. The molecule has 80 valence electrons. The van der Waals surface area contributed by atoms with E-state index >= 15 is 0 Å². The maximum absolute atomic E-state index is 11.9. The summed E-state index contributed by atoms with van der Waals surface area (Å²) in [6.45, 7) is 8.24. The molecule has 0 aliphatic rings. The average Bonchev–Trinajstić information content (AvgIpc) is 2.03. The molecule has 1 nitrogen and oxygen atoms in total. The van der Waals surface area contributed by atoms with Crippen molar-refractivity contribution >= 4 is 0 Å². The first kappa shape index (κ1) is 13.0. The van der Waals surface area contributed by atoms with Gasteiger partial charge in [-0.15, -0.1) is 0 Å². The summed E-state index contributed by atoms with van der Waals surface area (Å²) in [6, 6.07) is 1.43. The maximum atomic E-state index is 11.9. The van der Waals surface area contributed by atoms with Crippen LogP contribution in [0.3, 0.4) is 0 Å². The van der Waals surface area contributed by atoms with Gasteiger partial charge in [0, 0.05) is 18.0 Å². The summed E-state index contributed by atoms with van der Waals surface area (Å²) >= 11 is 0. The highest BCUT2D eigenvalue weighted by Gasteiger charge is 2.05. The number of nitrogens with zero attached hydrogens (tertiary/aromatic N) is 1. The standard InChI is InChI=1S/C7H7F2N.C4H10/c1-5-2-6(7(8)9)4-10-3-5;1-4(2)3/h2-4,7H,1H3;4H,1-3H3. The van der Waals surface area contributed by atoms with Crippen LogP contribution in [-0.4, -0.2) is 4.98 Å². The van der Waals surface area contributed by atoms with Crippen molar-refractivity contribution < 1.29 is 8.78 Å². The first-order chi connectivity index (χ1) is 6.43. The van der Waals surface area contributed by atoms with Gasteiger partial charge in [0.2, 0.25) is 0 Å². The molecule has 1 aromatic rings. The molecule has 3 heteroatoms. The Balaban J connectivity index is 0.000000364. The fourth-order valence-electron chi connectivity index (χ4n) is 0.698. The molecule has 0 aromatic carbocycles. The van der Waals surface area contributed by atoms with Crippen LogP contribution < -0.4 is 0 Å². The van der Waals surface area contributed by atoms with Crippen LogP contribution in [0.1, 0.15) is 38.3 Å². The lowest BCUT2D eigenvalue weighted by Gasteiger charge is -1.97. The molecule has 0 N–H and O–H groups in total. The molecule has 0 saturated heterocycles. The van der Waals surface area contributed by atoms with Gasteiger partial charge in [-0.05, 0) is 24.5 Å². The minimum atomic E-state index is -2.41. The summed E-state index contributed by atoms with van der Waals surface area (Å²) in [5.74, 6) is 0.833. The van der Waals surface area contributed by atoms with Gasteiger partial charge in [-0.3, -0.25) is 4.98 Å². The summed E-state index contributed by atoms with van der Waals surface area (Å²) < 4.78 is 23.8. The SMILES string of the molecule is CC(C)C.Cc1cncc(C(F)F)c1. The van der Waals surface area contributed by atoms with Crippen LogP contribution in [-0.2, 0) is 0 Å². The van der Waals surface area contributed by atoms with Gasteiger partial charge in [-0.2, -0.15) is 0 Å². The quantitative estimate of drug-likeness (QED) is 0.669. The molecule has 1 rings (SSSR count).